The molecule has 202 valence electrons. The molecule has 0 spiro atoms. The second-order valence-electron chi connectivity index (χ2n) is 11.3. The quantitative estimate of drug-likeness (QED) is 0.201. The Balaban J connectivity index is 2.47. The Kier molecular flexibility index (Phi) is 13.2. The molecule has 1 rings (SSSR count). The Morgan fingerprint density at radius 3 is 2.14 bits per heavy atom. The average Bonchev–Trinajstić information content (AvgIpc) is 2.73. The van der Waals surface area contributed by atoms with Gasteiger partial charge in [0.05, 0.1) is 6.61 Å². The molecule has 1 unspecified atom stereocenters. The lowest BCUT2D eigenvalue weighted by atomic mass is 9.88. The van der Waals surface area contributed by atoms with E-state index >= 15 is 0 Å². The van der Waals surface area contributed by atoms with Gasteiger partial charge in [-0.2, -0.15) is 0 Å². The molecule has 0 aliphatic carbocycles. The Labute approximate surface area is 215 Å². The maximum absolute atomic E-state index is 12.7. The number of urea groups is 1. The van der Waals surface area contributed by atoms with Crippen LogP contribution in [0.5, 0.6) is 5.75 Å². The van der Waals surface area contributed by atoms with Crippen molar-refractivity contribution in [2.45, 2.75) is 104 Å². The van der Waals surface area contributed by atoms with Gasteiger partial charge in [-0.25, -0.2) is 9.59 Å². The van der Waals surface area contributed by atoms with Crippen molar-refractivity contribution < 1.29 is 28.7 Å². The van der Waals surface area contributed by atoms with Gasteiger partial charge in [0, 0.05) is 24.8 Å². The number of rotatable bonds is 14. The maximum atomic E-state index is 12.7. The highest BCUT2D eigenvalue weighted by atomic mass is 16.5. The summed E-state index contributed by atoms with van der Waals surface area (Å²) in [5.41, 5.74) is -0.473. The minimum absolute atomic E-state index is 0.0193. The SMILES string of the molecule is CC(C)(C)CC(=O)CCCCCC(NC(=O)NC(C)(C)C)C(=O)OCCCC(=O)Oc1ccccc1. The normalized spacial score (nSPS) is 12.4. The molecule has 0 heterocycles. The molecule has 0 radical (unpaired) electrons. The Morgan fingerprint density at radius 2 is 1.53 bits per heavy atom. The first-order chi connectivity index (χ1) is 16.7. The average molecular weight is 505 g/mol. The van der Waals surface area contributed by atoms with Crippen LogP contribution in [0.1, 0.15) is 92.9 Å². The zero-order valence-electron chi connectivity index (χ0n) is 22.8. The second kappa shape index (κ2) is 15.3. The summed E-state index contributed by atoms with van der Waals surface area (Å²) >= 11 is 0. The molecule has 0 bridgehead atoms. The van der Waals surface area contributed by atoms with Crippen LogP contribution in [-0.4, -0.2) is 41.9 Å². The van der Waals surface area contributed by atoms with Crippen molar-refractivity contribution in [3.05, 3.63) is 30.3 Å². The number of Topliss-reactive ketones (excluding diaryl/α,β-unsaturated/α-hetero) is 1. The van der Waals surface area contributed by atoms with Gasteiger partial charge in [-0.3, -0.25) is 9.59 Å². The first-order valence-corrected chi connectivity index (χ1v) is 12.8. The number of hydrogen-bond acceptors (Lipinski definition) is 6. The molecule has 0 aliphatic rings. The van der Waals surface area contributed by atoms with Crippen molar-refractivity contribution in [3.63, 3.8) is 0 Å². The topological polar surface area (TPSA) is 111 Å². The number of hydrogen-bond donors (Lipinski definition) is 2. The van der Waals surface area contributed by atoms with E-state index in [0.717, 1.165) is 12.8 Å². The van der Waals surface area contributed by atoms with Crippen molar-refractivity contribution in [2.24, 2.45) is 5.41 Å². The first kappa shape index (κ1) is 31.1. The number of para-hydroxylation sites is 1. The lowest BCUT2D eigenvalue weighted by Gasteiger charge is -2.24. The molecule has 1 aromatic carbocycles. The van der Waals surface area contributed by atoms with Gasteiger partial charge in [0.1, 0.15) is 17.6 Å². The summed E-state index contributed by atoms with van der Waals surface area (Å²) in [5, 5.41) is 5.49. The minimum Gasteiger partial charge on any atom is -0.464 e. The number of amides is 2. The number of ketones is 1. The van der Waals surface area contributed by atoms with Crippen LogP contribution in [-0.2, 0) is 19.1 Å². The minimum atomic E-state index is -0.811. The summed E-state index contributed by atoms with van der Waals surface area (Å²) < 4.78 is 10.6. The van der Waals surface area contributed by atoms with E-state index in [-0.39, 0.29) is 24.2 Å². The summed E-state index contributed by atoms with van der Waals surface area (Å²) in [6.45, 7) is 11.7. The predicted molar refractivity (Wildman–Crippen MR) is 140 cm³/mol. The van der Waals surface area contributed by atoms with Gasteiger partial charge >= 0.3 is 18.0 Å². The number of carbonyl (C=O) groups is 4. The van der Waals surface area contributed by atoms with Gasteiger partial charge in [-0.1, -0.05) is 51.8 Å². The molecule has 2 N–H and O–H groups in total. The number of unbranched alkanes of at least 4 members (excludes halogenated alkanes) is 2. The number of benzene rings is 1. The highest BCUT2D eigenvalue weighted by Gasteiger charge is 2.24. The molecule has 0 fully saturated rings. The second-order valence-corrected chi connectivity index (χ2v) is 11.3. The molecule has 1 aromatic rings. The van der Waals surface area contributed by atoms with Crippen molar-refractivity contribution in [1.29, 1.82) is 0 Å². The number of carbonyl (C=O) groups excluding carboxylic acids is 4. The molecule has 8 nitrogen and oxygen atoms in total. The number of ether oxygens (including phenoxy) is 2. The van der Waals surface area contributed by atoms with Crippen LogP contribution < -0.4 is 15.4 Å². The molecule has 0 saturated carbocycles. The summed E-state index contributed by atoms with van der Waals surface area (Å²) in [6.07, 6.45) is 4.07. The zero-order chi connectivity index (χ0) is 27.2. The van der Waals surface area contributed by atoms with Gasteiger partial charge in [-0.15, -0.1) is 0 Å². The van der Waals surface area contributed by atoms with Crippen molar-refractivity contribution in [3.8, 4) is 5.75 Å². The fraction of sp³-hybridized carbons (Fsp3) is 0.643. The smallest absolute Gasteiger partial charge is 0.328 e. The van der Waals surface area contributed by atoms with Crippen molar-refractivity contribution >= 4 is 23.8 Å². The van der Waals surface area contributed by atoms with Crippen LogP contribution in [0.25, 0.3) is 0 Å². The van der Waals surface area contributed by atoms with Crippen molar-refractivity contribution in [2.75, 3.05) is 6.61 Å². The van der Waals surface area contributed by atoms with Gasteiger partial charge in [0.2, 0.25) is 0 Å². The molecule has 36 heavy (non-hydrogen) atoms. The molecule has 0 saturated heterocycles. The molecular weight excluding hydrogens is 460 g/mol. The van der Waals surface area contributed by atoms with Crippen LogP contribution >= 0.6 is 0 Å². The molecule has 0 aliphatic heterocycles. The Hall–Kier alpha value is -2.90. The van der Waals surface area contributed by atoms with E-state index in [1.807, 2.05) is 47.6 Å². The van der Waals surface area contributed by atoms with Gasteiger partial charge in [-0.05, 0) is 57.6 Å². The Morgan fingerprint density at radius 1 is 0.861 bits per heavy atom. The summed E-state index contributed by atoms with van der Waals surface area (Å²) in [4.78, 5) is 49.0. The summed E-state index contributed by atoms with van der Waals surface area (Å²) in [7, 11) is 0. The van der Waals surface area contributed by atoms with E-state index < -0.39 is 29.6 Å². The standard InChI is InChI=1S/C28H44N2O6/c1-27(2,3)20-21(31)14-9-7-12-17-23(29-26(34)30-28(4,5)6)25(33)35-19-13-18-24(32)36-22-15-10-8-11-16-22/h8,10-11,15-16,23H,7,9,12-14,17-20H2,1-6H3,(H2,29,30,34). The Bertz CT molecular complexity index is 840. The molecule has 1 atom stereocenters. The lowest BCUT2D eigenvalue weighted by Crippen LogP contribution is -2.52. The lowest BCUT2D eigenvalue weighted by molar-refractivity contribution is -0.147. The maximum Gasteiger partial charge on any atom is 0.328 e. The van der Waals surface area contributed by atoms with E-state index in [1.54, 1.807) is 24.3 Å². The van der Waals surface area contributed by atoms with E-state index in [1.165, 1.54) is 0 Å². The van der Waals surface area contributed by atoms with Crippen LogP contribution in [0.3, 0.4) is 0 Å². The molecule has 0 aromatic heterocycles. The first-order valence-electron chi connectivity index (χ1n) is 12.8. The predicted octanol–water partition coefficient (Wildman–Crippen LogP) is 5.34. The third-order valence-electron chi connectivity index (χ3n) is 5.00. The van der Waals surface area contributed by atoms with Crippen LogP contribution in [0.2, 0.25) is 0 Å². The third-order valence-corrected chi connectivity index (χ3v) is 5.00. The summed E-state index contributed by atoms with van der Waals surface area (Å²) in [5.74, 6) is -0.238. The van der Waals surface area contributed by atoms with E-state index in [4.69, 9.17) is 9.47 Å². The monoisotopic (exact) mass is 504 g/mol. The summed E-state index contributed by atoms with van der Waals surface area (Å²) in [6, 6.07) is 7.50. The van der Waals surface area contributed by atoms with Gasteiger partial charge < -0.3 is 20.1 Å². The van der Waals surface area contributed by atoms with E-state index in [2.05, 4.69) is 10.6 Å². The fourth-order valence-electron chi connectivity index (χ4n) is 3.47. The zero-order valence-corrected chi connectivity index (χ0v) is 22.8. The highest BCUT2D eigenvalue weighted by Crippen LogP contribution is 2.20. The van der Waals surface area contributed by atoms with Gasteiger partial charge in [0.25, 0.3) is 0 Å². The highest BCUT2D eigenvalue weighted by molar-refractivity contribution is 5.84. The number of nitrogens with one attached hydrogen (secondary N) is 2. The largest absolute Gasteiger partial charge is 0.464 e. The van der Waals surface area contributed by atoms with Crippen LogP contribution in [0, 0.1) is 5.41 Å². The number of esters is 2. The van der Waals surface area contributed by atoms with E-state index in [0.29, 0.717) is 37.9 Å². The van der Waals surface area contributed by atoms with Gasteiger partial charge in [0.15, 0.2) is 0 Å². The van der Waals surface area contributed by atoms with Crippen molar-refractivity contribution in [1.82, 2.24) is 10.6 Å². The van der Waals surface area contributed by atoms with E-state index in [9.17, 15) is 19.2 Å². The molecular formula is C28H44N2O6. The fourth-order valence-corrected chi connectivity index (χ4v) is 3.47. The molecule has 2 amide bonds. The molecule has 8 heteroatoms. The van der Waals surface area contributed by atoms with Crippen LogP contribution in [0.4, 0.5) is 4.79 Å². The van der Waals surface area contributed by atoms with Crippen LogP contribution in [0.15, 0.2) is 30.3 Å². The third kappa shape index (κ3) is 15.9.